The number of nitrogens with zero attached hydrogens (tertiary/aromatic N) is 1. The van der Waals surface area contributed by atoms with E-state index < -0.39 is 18.4 Å². The van der Waals surface area contributed by atoms with Crippen LogP contribution in [0.4, 0.5) is 5.69 Å². The minimum atomic E-state index is -2.57. The maximum atomic E-state index is 12.6. The van der Waals surface area contributed by atoms with Gasteiger partial charge in [-0.3, -0.25) is 0 Å². The Balaban J connectivity index is 2.46. The molecule has 1 aromatic rings. The van der Waals surface area contributed by atoms with Crippen molar-refractivity contribution in [3.63, 3.8) is 0 Å². The van der Waals surface area contributed by atoms with E-state index >= 15 is 0 Å². The van der Waals surface area contributed by atoms with Gasteiger partial charge in [0.25, 0.3) is 0 Å². The van der Waals surface area contributed by atoms with E-state index in [0.29, 0.717) is 11.3 Å². The molecule has 1 aliphatic rings. The topological polar surface area (TPSA) is 37.4 Å². The summed E-state index contributed by atoms with van der Waals surface area (Å²) in [5.41, 5.74) is 2.43. The van der Waals surface area contributed by atoms with Crippen molar-refractivity contribution >= 4 is 35.9 Å². The molecule has 4 heteroatoms. The van der Waals surface area contributed by atoms with Crippen molar-refractivity contribution in [2.24, 2.45) is 0 Å². The number of hydrogen-bond acceptors (Lipinski definition) is 2. The van der Waals surface area contributed by atoms with Crippen molar-refractivity contribution in [2.75, 3.05) is 4.90 Å². The summed E-state index contributed by atoms with van der Waals surface area (Å²) in [5.74, 6) is -0.259. The van der Waals surface area contributed by atoms with Crippen LogP contribution in [0.1, 0.15) is 12.5 Å². The fourth-order valence-corrected chi connectivity index (χ4v) is 8.12. The first kappa shape index (κ1) is 14.3. The number of carbonyl (C=O) groups is 2. The minimum absolute atomic E-state index is 0.102. The van der Waals surface area contributed by atoms with Crippen LogP contribution in [0.3, 0.4) is 0 Å². The molecule has 0 fully saturated rings. The van der Waals surface area contributed by atoms with Crippen molar-refractivity contribution in [1.82, 2.24) is 0 Å². The predicted molar refractivity (Wildman–Crippen MR) is 79.7 cm³/mol. The molecule has 19 heavy (non-hydrogen) atoms. The maximum absolute atomic E-state index is 12.6. The summed E-state index contributed by atoms with van der Waals surface area (Å²) in [6.07, 6.45) is 0. The quantitative estimate of drug-likeness (QED) is 0.598. The van der Waals surface area contributed by atoms with Crippen LogP contribution in [0.25, 0.3) is 0 Å². The first-order chi connectivity index (χ1) is 8.73. The molecule has 2 rings (SSSR count). The van der Waals surface area contributed by atoms with Crippen LogP contribution >= 0.6 is 0 Å². The second-order valence-corrected chi connectivity index (χ2v) is 20.3. The second kappa shape index (κ2) is 4.78. The number of hydrogen-bond donors (Lipinski definition) is 0. The van der Waals surface area contributed by atoms with Gasteiger partial charge in [-0.25, -0.2) is 0 Å². The summed E-state index contributed by atoms with van der Waals surface area (Å²) in [5, 5.41) is 0. The molecule has 0 atom stereocenters. The Morgan fingerprint density at radius 2 is 1.42 bits per heavy atom. The third-order valence-electron chi connectivity index (χ3n) is 3.36. The zero-order valence-corrected chi connectivity index (χ0v) is 14.9. The molecule has 2 amide bonds. The molecule has 0 saturated heterocycles. The van der Waals surface area contributed by atoms with Crippen LogP contribution < -0.4 is 4.90 Å². The Hall–Kier alpha value is -1.10. The Labute approximate surface area is 118 Å². The fraction of sp³-hybridized carbons (Fsp3) is 0.333. The molecule has 0 spiro atoms. The third-order valence-corrected chi connectivity index (χ3v) is 9.32. The average molecular weight is 364 g/mol. The summed E-state index contributed by atoms with van der Waals surface area (Å²) in [7, 11) is 0. The summed E-state index contributed by atoms with van der Waals surface area (Å²) in [6.45, 7) is 3.77. The van der Waals surface area contributed by atoms with Gasteiger partial charge >= 0.3 is 118 Å². The summed E-state index contributed by atoms with van der Waals surface area (Å²) < 4.78 is 0.819. The van der Waals surface area contributed by atoms with Crippen LogP contribution in [0.15, 0.2) is 33.4 Å². The van der Waals surface area contributed by atoms with Gasteiger partial charge in [0.1, 0.15) is 0 Å². The SMILES string of the molecule is CC1=[C]([Sn]([CH3])([CH3])[CH3])C(=O)N(c2ccc(C)cc2)C1=O. The number of imide groups is 1. The Morgan fingerprint density at radius 3 is 1.84 bits per heavy atom. The van der Waals surface area contributed by atoms with E-state index in [0.717, 1.165) is 9.15 Å². The molecule has 0 N–H and O–H groups in total. The standard InChI is InChI=1S/C12H10NO2.3CH3.Sn/c1-8-3-5-10(6-4-8)13-11(14)7-9(2)12(13)15;;;;/h3-6H,1-2H3;3*1H3;. The van der Waals surface area contributed by atoms with Gasteiger partial charge in [-0.2, -0.15) is 0 Å². The van der Waals surface area contributed by atoms with Gasteiger partial charge in [0.2, 0.25) is 0 Å². The number of rotatable bonds is 2. The molecule has 1 aromatic carbocycles. The predicted octanol–water partition coefficient (Wildman–Crippen LogP) is 3.06. The molecular weight excluding hydrogens is 345 g/mol. The van der Waals surface area contributed by atoms with E-state index in [-0.39, 0.29) is 11.8 Å². The van der Waals surface area contributed by atoms with E-state index in [1.54, 1.807) is 6.92 Å². The molecular formula is C15H19NO2Sn. The van der Waals surface area contributed by atoms with E-state index in [2.05, 4.69) is 14.8 Å². The van der Waals surface area contributed by atoms with Crippen LogP contribution in [0.5, 0.6) is 0 Å². The molecule has 0 radical (unpaired) electrons. The number of anilines is 1. The van der Waals surface area contributed by atoms with Crippen molar-refractivity contribution in [3.8, 4) is 0 Å². The molecule has 0 aliphatic carbocycles. The molecule has 3 nitrogen and oxygen atoms in total. The van der Waals surface area contributed by atoms with Gasteiger partial charge in [0, 0.05) is 0 Å². The van der Waals surface area contributed by atoms with Gasteiger partial charge in [0.15, 0.2) is 0 Å². The van der Waals surface area contributed by atoms with E-state index in [1.807, 2.05) is 31.2 Å². The number of benzene rings is 1. The summed E-state index contributed by atoms with van der Waals surface area (Å²) >= 11 is -2.57. The van der Waals surface area contributed by atoms with Gasteiger partial charge in [-0.15, -0.1) is 0 Å². The molecule has 0 aromatic heterocycles. The number of aryl methyl sites for hydroxylation is 1. The monoisotopic (exact) mass is 365 g/mol. The van der Waals surface area contributed by atoms with Gasteiger partial charge in [0.05, 0.1) is 0 Å². The third kappa shape index (κ3) is 2.48. The fourth-order valence-electron chi connectivity index (χ4n) is 2.45. The molecule has 1 aliphatic heterocycles. The molecule has 0 saturated carbocycles. The molecule has 1 heterocycles. The zero-order chi connectivity index (χ0) is 14.4. The van der Waals surface area contributed by atoms with Crippen LogP contribution in [-0.2, 0) is 9.59 Å². The van der Waals surface area contributed by atoms with E-state index in [4.69, 9.17) is 0 Å². The summed E-state index contributed by atoms with van der Waals surface area (Å²) in [4.78, 5) is 32.7. The zero-order valence-electron chi connectivity index (χ0n) is 12.1. The Kier molecular flexibility index (Phi) is 3.60. The first-order valence-electron chi connectivity index (χ1n) is 6.40. The average Bonchev–Trinajstić information content (AvgIpc) is 2.51. The second-order valence-electron chi connectivity index (χ2n) is 6.03. The van der Waals surface area contributed by atoms with Crippen LogP contribution in [-0.4, -0.2) is 30.2 Å². The number of carbonyl (C=O) groups excluding carboxylic acids is 2. The Morgan fingerprint density at radius 1 is 0.895 bits per heavy atom. The first-order valence-corrected chi connectivity index (χ1v) is 16.4. The molecule has 0 bridgehead atoms. The van der Waals surface area contributed by atoms with Gasteiger partial charge in [-0.05, 0) is 0 Å². The number of amides is 2. The molecule has 0 unspecified atom stereocenters. The van der Waals surface area contributed by atoms with Crippen molar-refractivity contribution in [3.05, 3.63) is 39.0 Å². The van der Waals surface area contributed by atoms with Crippen LogP contribution in [0, 0.1) is 6.92 Å². The van der Waals surface area contributed by atoms with E-state index in [9.17, 15) is 9.59 Å². The van der Waals surface area contributed by atoms with Crippen molar-refractivity contribution in [1.29, 1.82) is 0 Å². The van der Waals surface area contributed by atoms with E-state index in [1.165, 1.54) is 4.90 Å². The van der Waals surface area contributed by atoms with Crippen molar-refractivity contribution < 1.29 is 9.59 Å². The van der Waals surface area contributed by atoms with Gasteiger partial charge in [-0.1, -0.05) is 0 Å². The normalized spacial score (nSPS) is 16.6. The van der Waals surface area contributed by atoms with Gasteiger partial charge < -0.3 is 0 Å². The van der Waals surface area contributed by atoms with Crippen molar-refractivity contribution in [2.45, 2.75) is 28.7 Å². The summed E-state index contributed by atoms with van der Waals surface area (Å²) in [6, 6.07) is 7.51. The van der Waals surface area contributed by atoms with Crippen LogP contribution in [0.2, 0.25) is 14.8 Å². The molecule has 100 valence electrons. The Bertz CT molecular complexity index is 579.